The molecule has 2 aliphatic carbocycles. The Morgan fingerprint density at radius 3 is 2.61 bits per heavy atom. The Balaban J connectivity index is 1.30. The fraction of sp³-hybridized carbons (Fsp3) is 0.500. The number of carbonyl (C=O) groups excluding carboxylic acids is 1. The van der Waals surface area contributed by atoms with E-state index in [-0.39, 0.29) is 37.3 Å². The lowest BCUT2D eigenvalue weighted by molar-refractivity contribution is -0.220. The molecular weight excluding hydrogens is 433 g/mol. The first-order valence-corrected chi connectivity index (χ1v) is 11.1. The maximum Gasteiger partial charge on any atom is 0.394 e. The number of hydrogen-bond acceptors (Lipinski definition) is 5. The van der Waals surface area contributed by atoms with Crippen molar-refractivity contribution in [3.8, 4) is 17.6 Å². The molecule has 0 aromatic carbocycles. The summed E-state index contributed by atoms with van der Waals surface area (Å²) in [5.41, 5.74) is -0.739. The van der Waals surface area contributed by atoms with Crippen LogP contribution in [0, 0.1) is 22.7 Å². The first kappa shape index (κ1) is 20.5. The second-order valence-electron chi connectivity index (χ2n) is 9.63. The van der Waals surface area contributed by atoms with Crippen LogP contribution in [0.2, 0.25) is 0 Å². The van der Waals surface area contributed by atoms with E-state index < -0.39 is 17.0 Å². The van der Waals surface area contributed by atoms with Gasteiger partial charge in [-0.15, -0.1) is 0 Å². The Morgan fingerprint density at radius 2 is 1.91 bits per heavy atom. The predicted octanol–water partition coefficient (Wildman–Crippen LogP) is 3.82. The topological polar surface area (TPSA) is 68.2 Å². The highest BCUT2D eigenvalue weighted by Crippen LogP contribution is 2.68. The molecule has 0 unspecified atom stereocenters. The van der Waals surface area contributed by atoms with Crippen LogP contribution in [-0.2, 0) is 4.79 Å². The van der Waals surface area contributed by atoms with Gasteiger partial charge in [0.15, 0.2) is 0 Å². The summed E-state index contributed by atoms with van der Waals surface area (Å²) in [6.07, 6.45) is 4.71. The molecule has 4 aliphatic rings. The van der Waals surface area contributed by atoms with Crippen molar-refractivity contribution in [3.63, 3.8) is 0 Å². The second-order valence-corrected chi connectivity index (χ2v) is 9.63. The standard InChI is InChI=1S/C24H21F3N4O2/c25-24(26,27)23-5-3-22(14-23,4-6-23)21(32)31-13-17-9-19(31)18-12-29-10-15(20(18)33-17)1-2-16-11-28-7-8-30-16/h7-8,10-12,17,19H,3-6,9,13-14H2/t17-,19-,22?,23?/m0/s1. The summed E-state index contributed by atoms with van der Waals surface area (Å²) in [6, 6.07) is -0.257. The number of likely N-dealkylation sites (tertiary alicyclic amines) is 1. The molecular formula is C24H21F3N4O2. The van der Waals surface area contributed by atoms with Gasteiger partial charge < -0.3 is 9.64 Å². The number of aromatic nitrogens is 3. The molecule has 2 aliphatic heterocycles. The van der Waals surface area contributed by atoms with E-state index >= 15 is 0 Å². The van der Waals surface area contributed by atoms with Crippen molar-refractivity contribution in [2.75, 3.05) is 6.54 Å². The van der Waals surface area contributed by atoms with Crippen LogP contribution in [0.4, 0.5) is 13.2 Å². The van der Waals surface area contributed by atoms with Crippen LogP contribution in [0.15, 0.2) is 31.0 Å². The molecule has 4 heterocycles. The maximum absolute atomic E-state index is 13.7. The quantitative estimate of drug-likeness (QED) is 0.613. The molecule has 2 aromatic heterocycles. The minimum absolute atomic E-state index is 0.0426. The molecule has 3 fully saturated rings. The van der Waals surface area contributed by atoms with Crippen molar-refractivity contribution < 1.29 is 22.7 Å². The normalized spacial score (nSPS) is 31.5. The molecule has 0 radical (unpaired) electrons. The van der Waals surface area contributed by atoms with Crippen molar-refractivity contribution in [1.82, 2.24) is 19.9 Å². The Hall–Kier alpha value is -3.15. The number of nitrogens with zero attached hydrogens (tertiary/aromatic N) is 4. The van der Waals surface area contributed by atoms with Gasteiger partial charge in [-0.1, -0.05) is 5.92 Å². The third-order valence-electron chi connectivity index (χ3n) is 7.88. The highest BCUT2D eigenvalue weighted by atomic mass is 19.4. The van der Waals surface area contributed by atoms with Crippen LogP contribution in [0.5, 0.6) is 5.75 Å². The van der Waals surface area contributed by atoms with Gasteiger partial charge in [-0.2, -0.15) is 13.2 Å². The first-order chi connectivity index (χ1) is 15.8. The molecule has 33 heavy (non-hydrogen) atoms. The van der Waals surface area contributed by atoms with Gasteiger partial charge in [-0.05, 0) is 38.0 Å². The molecule has 2 saturated carbocycles. The van der Waals surface area contributed by atoms with E-state index in [9.17, 15) is 18.0 Å². The van der Waals surface area contributed by atoms with Gasteiger partial charge in [0.1, 0.15) is 17.5 Å². The van der Waals surface area contributed by atoms with E-state index in [1.165, 1.54) is 0 Å². The van der Waals surface area contributed by atoms with Crippen molar-refractivity contribution in [1.29, 1.82) is 0 Å². The lowest BCUT2D eigenvalue weighted by atomic mass is 9.81. The van der Waals surface area contributed by atoms with E-state index in [1.54, 1.807) is 35.9 Å². The molecule has 1 saturated heterocycles. The Morgan fingerprint density at radius 1 is 1.09 bits per heavy atom. The summed E-state index contributed by atoms with van der Waals surface area (Å²) in [7, 11) is 0. The summed E-state index contributed by atoms with van der Waals surface area (Å²) < 4.78 is 47.4. The van der Waals surface area contributed by atoms with Crippen molar-refractivity contribution in [3.05, 3.63) is 47.8 Å². The van der Waals surface area contributed by atoms with Gasteiger partial charge in [0.25, 0.3) is 0 Å². The van der Waals surface area contributed by atoms with Gasteiger partial charge in [0, 0.05) is 36.8 Å². The molecule has 9 heteroatoms. The summed E-state index contributed by atoms with van der Waals surface area (Å²) >= 11 is 0. The van der Waals surface area contributed by atoms with Crippen molar-refractivity contribution in [2.24, 2.45) is 10.8 Å². The van der Waals surface area contributed by atoms with Gasteiger partial charge in [-0.3, -0.25) is 14.8 Å². The minimum Gasteiger partial charge on any atom is -0.487 e. The van der Waals surface area contributed by atoms with E-state index in [0.717, 1.165) is 5.56 Å². The van der Waals surface area contributed by atoms with Crippen molar-refractivity contribution >= 4 is 5.91 Å². The van der Waals surface area contributed by atoms with Crippen LogP contribution in [0.3, 0.4) is 0 Å². The minimum atomic E-state index is -4.26. The zero-order valence-corrected chi connectivity index (χ0v) is 17.7. The fourth-order valence-electron chi connectivity index (χ4n) is 6.17. The molecule has 2 atom stereocenters. The van der Waals surface area contributed by atoms with Crippen LogP contribution >= 0.6 is 0 Å². The molecule has 1 amide bonds. The number of hydrogen-bond donors (Lipinski definition) is 0. The number of rotatable bonds is 1. The number of alkyl halides is 3. The molecule has 0 N–H and O–H groups in total. The fourth-order valence-corrected chi connectivity index (χ4v) is 6.17. The Labute approximate surface area is 188 Å². The summed E-state index contributed by atoms with van der Waals surface area (Å²) in [6.45, 7) is 0.371. The molecule has 0 spiro atoms. The Bertz CT molecular complexity index is 1180. The van der Waals surface area contributed by atoms with E-state index in [0.29, 0.717) is 42.8 Å². The van der Waals surface area contributed by atoms with Crippen LogP contribution in [0.1, 0.15) is 61.4 Å². The van der Waals surface area contributed by atoms with Gasteiger partial charge in [0.2, 0.25) is 5.91 Å². The average molecular weight is 454 g/mol. The molecule has 6 nitrogen and oxygen atoms in total. The van der Waals surface area contributed by atoms with Crippen LogP contribution in [0.25, 0.3) is 0 Å². The number of halogens is 3. The zero-order chi connectivity index (χ0) is 22.8. The van der Waals surface area contributed by atoms with Gasteiger partial charge in [-0.25, -0.2) is 4.98 Å². The summed E-state index contributed by atoms with van der Waals surface area (Å²) in [4.78, 5) is 27.9. The highest BCUT2D eigenvalue weighted by molar-refractivity contribution is 5.85. The van der Waals surface area contributed by atoms with Crippen LogP contribution < -0.4 is 4.74 Å². The molecule has 6 rings (SSSR count). The van der Waals surface area contributed by atoms with E-state index in [1.807, 2.05) is 0 Å². The summed E-state index contributed by atoms with van der Waals surface area (Å²) in [5.74, 6) is 6.42. The summed E-state index contributed by atoms with van der Waals surface area (Å²) in [5, 5.41) is 0. The lowest BCUT2D eigenvalue weighted by Gasteiger charge is -2.34. The third-order valence-corrected chi connectivity index (χ3v) is 7.88. The number of pyridine rings is 1. The third kappa shape index (κ3) is 3.03. The predicted molar refractivity (Wildman–Crippen MR) is 110 cm³/mol. The number of carbonyl (C=O) groups is 1. The zero-order valence-electron chi connectivity index (χ0n) is 17.7. The largest absolute Gasteiger partial charge is 0.487 e. The lowest BCUT2D eigenvalue weighted by Crippen LogP contribution is -2.41. The molecule has 170 valence electrons. The Kier molecular flexibility index (Phi) is 4.29. The maximum atomic E-state index is 13.7. The van der Waals surface area contributed by atoms with Gasteiger partial charge >= 0.3 is 6.18 Å². The number of fused-ring (bicyclic) bond motifs is 6. The monoisotopic (exact) mass is 454 g/mol. The number of ether oxygens (including phenoxy) is 1. The smallest absolute Gasteiger partial charge is 0.394 e. The molecule has 4 bridgehead atoms. The van der Waals surface area contributed by atoms with E-state index in [2.05, 4.69) is 26.8 Å². The number of amides is 1. The average Bonchev–Trinajstić information content (AvgIpc) is 3.50. The SMILES string of the molecule is O=C(N1C[C@@H]2C[C@H]1c1cncc(C#Cc3cnccn3)c1O2)C12CCC(C(F)(F)F)(CC1)C2. The molecule has 2 aromatic rings. The van der Waals surface area contributed by atoms with Crippen LogP contribution in [-0.4, -0.2) is 44.6 Å². The highest BCUT2D eigenvalue weighted by Gasteiger charge is 2.69. The van der Waals surface area contributed by atoms with Crippen molar-refractivity contribution in [2.45, 2.75) is 56.8 Å². The first-order valence-electron chi connectivity index (χ1n) is 11.1. The van der Waals surface area contributed by atoms with E-state index in [4.69, 9.17) is 4.74 Å². The second kappa shape index (κ2) is 6.92. The van der Waals surface area contributed by atoms with Gasteiger partial charge in [0.05, 0.1) is 35.2 Å².